The zero-order chi connectivity index (χ0) is 15.8. The van der Waals surface area contributed by atoms with Gasteiger partial charge in [-0.1, -0.05) is 35.9 Å². The van der Waals surface area contributed by atoms with Crippen LogP contribution in [-0.2, 0) is 11.8 Å². The second-order valence-electron chi connectivity index (χ2n) is 4.74. The van der Waals surface area contributed by atoms with Crippen LogP contribution in [0, 0.1) is 5.82 Å². The molecule has 1 nitrogen and oxygen atoms in total. The highest BCUT2D eigenvalue weighted by molar-refractivity contribution is 6.31. The molecule has 2 aromatic rings. The molecule has 0 aliphatic carbocycles. The third-order valence-electron chi connectivity index (χ3n) is 3.23. The molecule has 2 rings (SSSR count). The van der Waals surface area contributed by atoms with Gasteiger partial charge in [-0.15, -0.1) is 0 Å². The number of benzene rings is 2. The first-order valence-corrected chi connectivity index (χ1v) is 6.36. The lowest BCUT2D eigenvalue weighted by molar-refractivity contribution is -0.140. The number of halogens is 5. The predicted octanol–water partition coefficient (Wildman–Crippen LogP) is 4.75. The topological polar surface area (TPSA) is 20.2 Å². The third-order valence-corrected chi connectivity index (χ3v) is 3.56. The minimum atomic E-state index is -4.84. The number of hydrogen-bond acceptors (Lipinski definition) is 1. The van der Waals surface area contributed by atoms with Crippen molar-refractivity contribution in [2.75, 3.05) is 0 Å². The van der Waals surface area contributed by atoms with Gasteiger partial charge in [0, 0.05) is 10.6 Å². The molecule has 0 saturated heterocycles. The van der Waals surface area contributed by atoms with E-state index in [0.29, 0.717) is 12.1 Å². The van der Waals surface area contributed by atoms with Crippen molar-refractivity contribution in [2.45, 2.75) is 18.7 Å². The molecule has 0 heterocycles. The highest BCUT2D eigenvalue weighted by Crippen LogP contribution is 2.38. The van der Waals surface area contributed by atoms with Crippen LogP contribution in [0.15, 0.2) is 42.5 Å². The Labute approximate surface area is 123 Å². The molecule has 0 amide bonds. The van der Waals surface area contributed by atoms with E-state index in [0.717, 1.165) is 6.07 Å². The van der Waals surface area contributed by atoms with E-state index in [-0.39, 0.29) is 16.1 Å². The molecule has 112 valence electrons. The Morgan fingerprint density at radius 2 is 1.62 bits per heavy atom. The molecule has 2 aromatic carbocycles. The maximum atomic E-state index is 13.3. The quantitative estimate of drug-likeness (QED) is 0.792. The van der Waals surface area contributed by atoms with Crippen LogP contribution < -0.4 is 0 Å². The molecule has 1 N–H and O–H groups in total. The number of aliphatic hydroxyl groups is 1. The van der Waals surface area contributed by atoms with Crippen molar-refractivity contribution in [1.82, 2.24) is 0 Å². The van der Waals surface area contributed by atoms with Gasteiger partial charge in [-0.3, -0.25) is 0 Å². The maximum Gasteiger partial charge on any atom is 0.419 e. The van der Waals surface area contributed by atoms with E-state index < -0.39 is 23.2 Å². The average molecular weight is 319 g/mol. The molecule has 0 aliphatic rings. The minimum absolute atomic E-state index is 0.0932. The normalized spacial score (nSPS) is 14.8. The summed E-state index contributed by atoms with van der Waals surface area (Å²) in [5.74, 6) is -1.39. The van der Waals surface area contributed by atoms with Gasteiger partial charge in [-0.25, -0.2) is 4.39 Å². The van der Waals surface area contributed by atoms with Gasteiger partial charge in [-0.2, -0.15) is 13.2 Å². The lowest BCUT2D eigenvalue weighted by Crippen LogP contribution is -2.24. The molecule has 1 unspecified atom stereocenters. The number of rotatable bonds is 2. The van der Waals surface area contributed by atoms with Crippen molar-refractivity contribution in [3.05, 3.63) is 70.0 Å². The zero-order valence-corrected chi connectivity index (χ0v) is 11.6. The van der Waals surface area contributed by atoms with E-state index in [2.05, 4.69) is 0 Å². The summed E-state index contributed by atoms with van der Waals surface area (Å²) in [5.41, 5.74) is -3.05. The Morgan fingerprint density at radius 1 is 1.00 bits per heavy atom. The van der Waals surface area contributed by atoms with Gasteiger partial charge in [0.15, 0.2) is 0 Å². The molecular formula is C15H11ClF4O. The van der Waals surface area contributed by atoms with Crippen molar-refractivity contribution in [2.24, 2.45) is 0 Å². The summed E-state index contributed by atoms with van der Waals surface area (Å²) in [5, 5.41) is 10.8. The molecule has 6 heteroatoms. The van der Waals surface area contributed by atoms with E-state index in [4.69, 9.17) is 11.6 Å². The Morgan fingerprint density at radius 3 is 2.19 bits per heavy atom. The molecule has 1 atom stereocenters. The van der Waals surface area contributed by atoms with Gasteiger partial charge in [0.25, 0.3) is 0 Å². The van der Waals surface area contributed by atoms with Gasteiger partial charge in [0.1, 0.15) is 11.4 Å². The van der Waals surface area contributed by atoms with Crippen LogP contribution in [0.1, 0.15) is 23.6 Å². The molecule has 0 saturated carbocycles. The molecule has 0 spiro atoms. The predicted molar refractivity (Wildman–Crippen MR) is 71.5 cm³/mol. The monoisotopic (exact) mass is 318 g/mol. The largest absolute Gasteiger partial charge is 0.419 e. The first-order chi connectivity index (χ1) is 9.64. The van der Waals surface area contributed by atoms with Crippen LogP contribution in [0.4, 0.5) is 17.6 Å². The Hall–Kier alpha value is -1.59. The summed E-state index contributed by atoms with van der Waals surface area (Å²) < 4.78 is 51.6. The molecule has 0 aromatic heterocycles. The first kappa shape index (κ1) is 15.8. The molecular weight excluding hydrogens is 308 g/mol. The van der Waals surface area contributed by atoms with Crippen LogP contribution in [-0.4, -0.2) is 5.11 Å². The highest BCUT2D eigenvalue weighted by atomic mass is 35.5. The third kappa shape index (κ3) is 3.04. The van der Waals surface area contributed by atoms with Gasteiger partial charge >= 0.3 is 6.18 Å². The van der Waals surface area contributed by atoms with E-state index >= 15 is 0 Å². The van der Waals surface area contributed by atoms with E-state index in [1.54, 1.807) is 12.1 Å². The summed E-state index contributed by atoms with van der Waals surface area (Å²) in [6.07, 6.45) is -4.84. The van der Waals surface area contributed by atoms with E-state index in [9.17, 15) is 22.7 Å². The van der Waals surface area contributed by atoms with Crippen molar-refractivity contribution < 1.29 is 22.7 Å². The van der Waals surface area contributed by atoms with Crippen molar-refractivity contribution >= 4 is 11.6 Å². The summed E-state index contributed by atoms with van der Waals surface area (Å²) in [6, 6.07) is 8.63. The van der Waals surface area contributed by atoms with E-state index in [1.807, 2.05) is 0 Å². The van der Waals surface area contributed by atoms with Crippen LogP contribution in [0.2, 0.25) is 5.02 Å². The van der Waals surface area contributed by atoms with E-state index in [1.165, 1.54) is 19.1 Å². The van der Waals surface area contributed by atoms with Crippen molar-refractivity contribution in [1.29, 1.82) is 0 Å². The number of alkyl halides is 3. The second kappa shape index (κ2) is 5.31. The molecule has 0 bridgehead atoms. The fraction of sp³-hybridized carbons (Fsp3) is 0.200. The van der Waals surface area contributed by atoms with Crippen LogP contribution in [0.5, 0.6) is 0 Å². The van der Waals surface area contributed by atoms with Crippen LogP contribution in [0.25, 0.3) is 0 Å². The fourth-order valence-corrected chi connectivity index (χ4v) is 2.38. The summed E-state index contributed by atoms with van der Waals surface area (Å²) >= 11 is 5.96. The molecule has 0 aliphatic heterocycles. The van der Waals surface area contributed by atoms with Crippen LogP contribution in [0.3, 0.4) is 0 Å². The Kier molecular flexibility index (Phi) is 4.00. The SMILES string of the molecule is CC(O)(c1ccc(F)c(C(F)(F)F)c1)c1ccccc1Cl. The second-order valence-corrected chi connectivity index (χ2v) is 5.15. The van der Waals surface area contributed by atoms with Crippen molar-refractivity contribution in [3.63, 3.8) is 0 Å². The molecule has 0 fully saturated rings. The summed E-state index contributed by atoms with van der Waals surface area (Å²) in [7, 11) is 0. The van der Waals surface area contributed by atoms with Gasteiger partial charge < -0.3 is 5.11 Å². The number of hydrogen-bond donors (Lipinski definition) is 1. The lowest BCUT2D eigenvalue weighted by Gasteiger charge is -2.26. The maximum absolute atomic E-state index is 13.3. The zero-order valence-electron chi connectivity index (χ0n) is 10.9. The fourth-order valence-electron chi connectivity index (χ4n) is 2.06. The Balaban J connectivity index is 2.59. The van der Waals surface area contributed by atoms with Crippen molar-refractivity contribution in [3.8, 4) is 0 Å². The van der Waals surface area contributed by atoms with Gasteiger partial charge in [0.2, 0.25) is 0 Å². The van der Waals surface area contributed by atoms with Crippen LogP contribution >= 0.6 is 11.6 Å². The van der Waals surface area contributed by atoms with Gasteiger partial charge in [0.05, 0.1) is 5.56 Å². The minimum Gasteiger partial charge on any atom is -0.381 e. The Bertz CT molecular complexity index is 665. The molecule has 0 radical (unpaired) electrons. The molecule has 21 heavy (non-hydrogen) atoms. The lowest BCUT2D eigenvalue weighted by atomic mass is 9.87. The highest BCUT2D eigenvalue weighted by Gasteiger charge is 2.37. The first-order valence-electron chi connectivity index (χ1n) is 5.98. The average Bonchev–Trinajstić information content (AvgIpc) is 2.37. The standard InChI is InChI=1S/C15H11ClF4O/c1-14(21,10-4-2-3-5-12(10)16)9-6-7-13(17)11(8-9)15(18,19)20/h2-8,21H,1H3. The van der Waals surface area contributed by atoms with Gasteiger partial charge in [-0.05, 0) is 30.7 Å². The summed E-state index contributed by atoms with van der Waals surface area (Å²) in [4.78, 5) is 0. The summed E-state index contributed by atoms with van der Waals surface area (Å²) in [6.45, 7) is 1.31. The smallest absolute Gasteiger partial charge is 0.381 e.